The van der Waals surface area contributed by atoms with E-state index in [0.29, 0.717) is 0 Å². The molecule has 4 aliphatic rings. The highest BCUT2D eigenvalue weighted by Crippen LogP contribution is 2.62. The van der Waals surface area contributed by atoms with Crippen molar-refractivity contribution in [3.8, 4) is 5.69 Å². The minimum Gasteiger partial charge on any atom is -0.454 e. The van der Waals surface area contributed by atoms with Crippen molar-refractivity contribution < 1.29 is 4.42 Å². The van der Waals surface area contributed by atoms with Gasteiger partial charge in [-0.2, -0.15) is 0 Å². The number of hydrogen-bond acceptors (Lipinski definition) is 4. The maximum atomic E-state index is 7.02. The molecule has 7 aromatic carbocycles. The molecule has 0 bridgehead atoms. The second-order valence-electron chi connectivity index (χ2n) is 24.9. The molecule has 0 saturated heterocycles. The molecule has 70 heavy (non-hydrogen) atoms. The van der Waals surface area contributed by atoms with E-state index < -0.39 is 0 Å². The summed E-state index contributed by atoms with van der Waals surface area (Å²) in [6, 6.07) is 49.9. The SMILES string of the molecule is CC(C)(C)c1cc2c3c(c1)-n1c4c(cc(C(C)(C)C)cc4c4oc5ccccc5c41)B3c1ccc(N3c4ccc(C(C)(C)C)cc4C4(C)CCCCC34C)cc1N2c1cccc2sc3ccccc3c12. The Kier molecular flexibility index (Phi) is 8.40. The van der Waals surface area contributed by atoms with Crippen LogP contribution in [-0.2, 0) is 21.7 Å². The first-order chi connectivity index (χ1) is 33.3. The topological polar surface area (TPSA) is 24.6 Å². The predicted molar refractivity (Wildman–Crippen MR) is 302 cm³/mol. The predicted octanol–water partition coefficient (Wildman–Crippen LogP) is 16.1. The first kappa shape index (κ1) is 42.6. The molecular weight excluding hydrogens is 870 g/mol. The summed E-state index contributed by atoms with van der Waals surface area (Å²) in [4.78, 5) is 5.50. The van der Waals surface area contributed by atoms with Crippen LogP contribution < -0.4 is 26.2 Å². The Morgan fingerprint density at radius 3 is 2.03 bits per heavy atom. The average Bonchev–Trinajstić information content (AvgIpc) is 4.04. The number of benzene rings is 7. The van der Waals surface area contributed by atoms with Gasteiger partial charge in [-0.15, -0.1) is 11.3 Å². The third kappa shape index (κ3) is 5.49. The lowest BCUT2D eigenvalue weighted by Crippen LogP contribution is -2.61. The van der Waals surface area contributed by atoms with Gasteiger partial charge in [-0.1, -0.05) is 143 Å². The lowest BCUT2D eigenvalue weighted by Gasteiger charge is -2.50. The number of anilines is 5. The largest absolute Gasteiger partial charge is 0.454 e. The first-order valence-corrected chi connectivity index (χ1v) is 26.7. The monoisotopic (exact) mass is 931 g/mol. The van der Waals surface area contributed by atoms with E-state index in [-0.39, 0.29) is 33.9 Å². The van der Waals surface area contributed by atoms with Gasteiger partial charge < -0.3 is 18.8 Å². The van der Waals surface area contributed by atoms with E-state index in [1.807, 2.05) is 11.3 Å². The third-order valence-electron chi connectivity index (χ3n) is 17.8. The van der Waals surface area contributed by atoms with Gasteiger partial charge in [0.15, 0.2) is 5.58 Å². The highest BCUT2D eigenvalue weighted by atomic mass is 32.1. The number of rotatable bonds is 2. The van der Waals surface area contributed by atoms with E-state index in [1.165, 1.54) is 123 Å². The quantitative estimate of drug-likeness (QED) is 0.161. The normalized spacial score (nSPS) is 19.7. The van der Waals surface area contributed by atoms with Crippen LogP contribution in [0, 0.1) is 0 Å². The molecule has 3 aliphatic heterocycles. The van der Waals surface area contributed by atoms with Crippen molar-refractivity contribution in [3.63, 3.8) is 0 Å². The van der Waals surface area contributed by atoms with Crippen LogP contribution in [0.2, 0.25) is 0 Å². The smallest absolute Gasteiger partial charge is 0.252 e. The van der Waals surface area contributed by atoms with Crippen molar-refractivity contribution in [2.45, 2.75) is 129 Å². The second kappa shape index (κ2) is 13.8. The van der Waals surface area contributed by atoms with Gasteiger partial charge in [0.1, 0.15) is 11.1 Å². The van der Waals surface area contributed by atoms with Crippen LogP contribution >= 0.6 is 11.3 Å². The molecule has 6 heterocycles. The molecule has 1 aliphatic carbocycles. The maximum Gasteiger partial charge on any atom is 0.252 e. The summed E-state index contributed by atoms with van der Waals surface area (Å²) in [6.07, 6.45) is 4.84. The Morgan fingerprint density at radius 1 is 0.543 bits per heavy atom. The lowest BCUT2D eigenvalue weighted by atomic mass is 9.33. The van der Waals surface area contributed by atoms with Crippen LogP contribution in [0.1, 0.15) is 124 Å². The lowest BCUT2D eigenvalue weighted by molar-refractivity contribution is 0.195. The second-order valence-corrected chi connectivity index (χ2v) is 26.0. The zero-order valence-corrected chi connectivity index (χ0v) is 43.5. The Hall–Kier alpha value is -6.24. The molecule has 0 amide bonds. The minimum absolute atomic E-state index is 0.0105. The molecule has 3 aromatic heterocycles. The molecule has 10 aromatic rings. The highest BCUT2D eigenvalue weighted by molar-refractivity contribution is 7.26. The standard InChI is InChI=1S/C64H62BN3OS/c1-60(2,3)37-25-28-47-44(32-37)63(10)29-16-17-30-64(63,11)68(47)40-26-27-45-49(36-40)66(48-21-18-24-54-55(48)42-20-13-15-23-53(42)70-54)50-34-39(62(7,8)9)35-51-56(50)65(45)46-33-38(61(4,5)6)31-43-57(46)67(51)58-41-19-12-14-22-52(41)69-59(43)58/h12-15,18-28,31-36H,16-17,29-30H2,1-11H3. The van der Waals surface area contributed by atoms with E-state index in [4.69, 9.17) is 4.42 Å². The van der Waals surface area contributed by atoms with Gasteiger partial charge in [-0.3, -0.25) is 0 Å². The van der Waals surface area contributed by atoms with Crippen molar-refractivity contribution in [1.82, 2.24) is 4.57 Å². The van der Waals surface area contributed by atoms with E-state index >= 15 is 0 Å². The van der Waals surface area contributed by atoms with Crippen LogP contribution in [-0.4, -0.2) is 16.8 Å². The summed E-state index contributed by atoms with van der Waals surface area (Å²) in [5.74, 6) is 0. The molecule has 348 valence electrons. The van der Waals surface area contributed by atoms with Gasteiger partial charge in [-0.25, -0.2) is 0 Å². The molecule has 0 radical (unpaired) electrons. The molecule has 6 heteroatoms. The molecular formula is C64H62BN3OS. The summed E-state index contributed by atoms with van der Waals surface area (Å²) in [5, 5.41) is 4.98. The van der Waals surface area contributed by atoms with Gasteiger partial charge in [-0.05, 0) is 141 Å². The van der Waals surface area contributed by atoms with E-state index in [2.05, 4.69) is 218 Å². The molecule has 14 rings (SSSR count). The zero-order valence-electron chi connectivity index (χ0n) is 42.7. The molecule has 1 saturated carbocycles. The van der Waals surface area contributed by atoms with Crippen LogP contribution in [0.15, 0.2) is 132 Å². The van der Waals surface area contributed by atoms with E-state index in [1.54, 1.807) is 0 Å². The van der Waals surface area contributed by atoms with E-state index in [0.717, 1.165) is 28.5 Å². The summed E-state index contributed by atoms with van der Waals surface area (Å²) in [5.41, 5.74) is 21.4. The van der Waals surface area contributed by atoms with E-state index in [9.17, 15) is 0 Å². The van der Waals surface area contributed by atoms with Gasteiger partial charge in [0.2, 0.25) is 0 Å². The van der Waals surface area contributed by atoms with Gasteiger partial charge in [0.05, 0.1) is 16.7 Å². The summed E-state index contributed by atoms with van der Waals surface area (Å²) >= 11 is 1.91. The summed E-state index contributed by atoms with van der Waals surface area (Å²) < 4.78 is 12.3. The summed E-state index contributed by atoms with van der Waals surface area (Å²) in [6.45, 7) is 26.4. The van der Waals surface area contributed by atoms with Crippen molar-refractivity contribution >= 4 is 116 Å². The molecule has 0 N–H and O–H groups in total. The number of furan rings is 1. The molecule has 4 nitrogen and oxygen atoms in total. The number of hydrogen-bond donors (Lipinski definition) is 0. The van der Waals surface area contributed by atoms with Crippen LogP contribution in [0.3, 0.4) is 0 Å². The molecule has 2 atom stereocenters. The fraction of sp³-hybridized carbons (Fsp3) is 0.312. The van der Waals surface area contributed by atoms with Gasteiger partial charge in [0, 0.05) is 64.8 Å². The number of aromatic nitrogens is 1. The Morgan fingerprint density at radius 2 is 1.24 bits per heavy atom. The van der Waals surface area contributed by atoms with Gasteiger partial charge >= 0.3 is 0 Å². The zero-order chi connectivity index (χ0) is 48.2. The Bertz CT molecular complexity index is 3920. The third-order valence-corrected chi connectivity index (χ3v) is 18.9. The molecule has 1 fully saturated rings. The van der Waals surface area contributed by atoms with Crippen molar-refractivity contribution in [2.24, 2.45) is 0 Å². The fourth-order valence-electron chi connectivity index (χ4n) is 13.8. The Labute approximate surface area is 417 Å². The first-order valence-electron chi connectivity index (χ1n) is 25.8. The number of thiophene rings is 1. The number of nitrogens with zero attached hydrogens (tertiary/aromatic N) is 3. The fourth-order valence-corrected chi connectivity index (χ4v) is 14.9. The average molecular weight is 932 g/mol. The number of para-hydroxylation sites is 1. The van der Waals surface area contributed by atoms with Crippen LogP contribution in [0.5, 0.6) is 0 Å². The van der Waals surface area contributed by atoms with Crippen LogP contribution in [0.25, 0.3) is 58.8 Å². The summed E-state index contributed by atoms with van der Waals surface area (Å²) in [7, 11) is 0. The molecule has 0 spiro atoms. The van der Waals surface area contributed by atoms with Crippen molar-refractivity contribution in [1.29, 1.82) is 0 Å². The minimum atomic E-state index is -0.138. The van der Waals surface area contributed by atoms with Crippen molar-refractivity contribution in [2.75, 3.05) is 9.80 Å². The highest BCUT2D eigenvalue weighted by Gasteiger charge is 2.58. The molecule has 2 unspecified atom stereocenters. The Balaban J connectivity index is 1.13. The van der Waals surface area contributed by atoms with Crippen molar-refractivity contribution in [3.05, 3.63) is 150 Å². The maximum absolute atomic E-state index is 7.02. The number of fused-ring (bicyclic) bond motifs is 15. The van der Waals surface area contributed by atoms with Gasteiger partial charge in [0.25, 0.3) is 6.71 Å². The van der Waals surface area contributed by atoms with Crippen LogP contribution in [0.4, 0.5) is 28.4 Å².